The summed E-state index contributed by atoms with van der Waals surface area (Å²) in [6.45, 7) is 13.7. The third-order valence-corrected chi connectivity index (χ3v) is 10.6. The number of hydrogen-bond acceptors (Lipinski definition) is 7. The fraction of sp³-hybridized carbons (Fsp3) is 0.513. The van der Waals surface area contributed by atoms with E-state index in [2.05, 4.69) is 21.9 Å². The van der Waals surface area contributed by atoms with Gasteiger partial charge in [0, 0.05) is 78.8 Å². The topological polar surface area (TPSA) is 93.0 Å². The zero-order valence-corrected chi connectivity index (χ0v) is 29.6. The number of pyridine rings is 2. The highest BCUT2D eigenvalue weighted by atomic mass is 19.1. The van der Waals surface area contributed by atoms with Crippen LogP contribution in [0.15, 0.2) is 30.5 Å². The quantitative estimate of drug-likeness (QED) is 0.218. The summed E-state index contributed by atoms with van der Waals surface area (Å²) in [5.41, 5.74) is 5.73. The molecule has 260 valence electrons. The second kappa shape index (κ2) is 13.0. The molecule has 3 aromatic heterocycles. The zero-order valence-electron chi connectivity index (χ0n) is 29.6. The summed E-state index contributed by atoms with van der Waals surface area (Å²) in [4.78, 5) is 27.7. The van der Waals surface area contributed by atoms with E-state index < -0.39 is 23.5 Å². The number of aromatic nitrogens is 3. The van der Waals surface area contributed by atoms with Gasteiger partial charge >= 0.3 is 5.97 Å². The Morgan fingerprint density at radius 1 is 1.08 bits per heavy atom. The molecule has 9 nitrogen and oxygen atoms in total. The van der Waals surface area contributed by atoms with E-state index in [1.165, 1.54) is 31.7 Å². The molecule has 1 aromatic carbocycles. The lowest BCUT2D eigenvalue weighted by Crippen LogP contribution is -2.50. The first-order chi connectivity index (χ1) is 23.4. The number of anilines is 1. The van der Waals surface area contributed by atoms with Crippen molar-refractivity contribution in [1.82, 2.24) is 19.4 Å². The van der Waals surface area contributed by atoms with Crippen LogP contribution in [0.2, 0.25) is 0 Å². The molecule has 10 heteroatoms. The number of fused-ring (bicyclic) bond motifs is 2. The minimum Gasteiger partial charge on any atom is -0.490 e. The number of hydrogen-bond donors (Lipinski definition) is 1. The lowest BCUT2D eigenvalue weighted by Gasteiger charge is -2.38. The molecule has 0 spiro atoms. The SMILES string of the molecule is Cc1nc2c(cc(-c3ccnc(N4CCN(C5CCCC5)CC4)c3)n2C)c(-c2cc(F)c3c(c2C)CCCO3)c1C(OC(C)(C)C)C(=O)O. The van der Waals surface area contributed by atoms with Gasteiger partial charge in [0.15, 0.2) is 17.7 Å². The average Bonchev–Trinajstić information content (AvgIpc) is 3.73. The summed E-state index contributed by atoms with van der Waals surface area (Å²) >= 11 is 0. The van der Waals surface area contributed by atoms with Gasteiger partial charge < -0.3 is 24.0 Å². The van der Waals surface area contributed by atoms with Crippen LogP contribution in [0, 0.1) is 19.7 Å². The standard InChI is InChI=1S/C39H48FN5O4/c1-23-27-12-9-19-48-35(27)30(40)21-28(23)34-29-22-31(43(6)37(29)42-24(2)33(34)36(38(46)47)49-39(3,4)5)25-13-14-41-32(20-25)45-17-15-44(16-18-45)26-10-7-8-11-26/h13-14,20-22,26,36H,7-12,15-19H2,1-6H3,(H,46,47). The molecule has 2 aliphatic heterocycles. The van der Waals surface area contributed by atoms with Crippen molar-refractivity contribution < 1.29 is 23.8 Å². The summed E-state index contributed by atoms with van der Waals surface area (Å²) < 4.78 is 29.9. The first-order valence-electron chi connectivity index (χ1n) is 17.7. The predicted octanol–water partition coefficient (Wildman–Crippen LogP) is 7.39. The first kappa shape index (κ1) is 33.5. The molecule has 0 radical (unpaired) electrons. The van der Waals surface area contributed by atoms with Gasteiger partial charge in [-0.1, -0.05) is 12.8 Å². The number of nitrogens with zero attached hydrogens (tertiary/aromatic N) is 5. The molecule has 1 saturated carbocycles. The number of ether oxygens (including phenoxy) is 2. The molecule has 5 heterocycles. The molecular weight excluding hydrogens is 621 g/mol. The Morgan fingerprint density at radius 2 is 1.82 bits per heavy atom. The number of benzene rings is 1. The van der Waals surface area contributed by atoms with E-state index in [0.29, 0.717) is 46.8 Å². The van der Waals surface area contributed by atoms with Gasteiger partial charge in [-0.3, -0.25) is 4.90 Å². The number of carboxylic acids is 1. The van der Waals surface area contributed by atoms with E-state index in [0.717, 1.165) is 72.2 Å². The van der Waals surface area contributed by atoms with E-state index in [1.807, 2.05) is 58.5 Å². The van der Waals surface area contributed by atoms with Crippen LogP contribution in [-0.2, 0) is 23.0 Å². The van der Waals surface area contributed by atoms with Gasteiger partial charge in [-0.15, -0.1) is 0 Å². The fourth-order valence-electron chi connectivity index (χ4n) is 8.19. The molecule has 1 unspecified atom stereocenters. The van der Waals surface area contributed by atoms with Crippen molar-refractivity contribution in [3.05, 3.63) is 58.7 Å². The number of halogens is 1. The van der Waals surface area contributed by atoms with Crippen molar-refractivity contribution in [2.75, 3.05) is 37.7 Å². The predicted molar refractivity (Wildman–Crippen MR) is 190 cm³/mol. The van der Waals surface area contributed by atoms with E-state index in [1.54, 1.807) is 0 Å². The number of rotatable bonds is 7. The highest BCUT2D eigenvalue weighted by molar-refractivity contribution is 6.01. The second-order valence-electron chi connectivity index (χ2n) is 14.9. The molecule has 1 aliphatic carbocycles. The normalized spacial score (nSPS) is 18.1. The van der Waals surface area contributed by atoms with Gasteiger partial charge in [0.2, 0.25) is 0 Å². The van der Waals surface area contributed by atoms with Crippen LogP contribution in [0.4, 0.5) is 10.2 Å². The Kier molecular flexibility index (Phi) is 8.90. The van der Waals surface area contributed by atoms with Crippen LogP contribution < -0.4 is 9.64 Å². The fourth-order valence-corrected chi connectivity index (χ4v) is 8.19. The zero-order chi connectivity index (χ0) is 34.6. The average molecular weight is 670 g/mol. The van der Waals surface area contributed by atoms with Gasteiger partial charge in [-0.05, 0) is 95.7 Å². The lowest BCUT2D eigenvalue weighted by atomic mass is 9.86. The molecule has 3 aliphatic rings. The van der Waals surface area contributed by atoms with Crippen molar-refractivity contribution in [1.29, 1.82) is 0 Å². The molecule has 1 atom stereocenters. The summed E-state index contributed by atoms with van der Waals surface area (Å²) in [7, 11) is 1.97. The molecule has 1 N–H and O–H groups in total. The number of carboxylic acid groups (broad SMARTS) is 1. The maximum atomic E-state index is 15.8. The monoisotopic (exact) mass is 669 g/mol. The Morgan fingerprint density at radius 3 is 2.51 bits per heavy atom. The molecule has 49 heavy (non-hydrogen) atoms. The van der Waals surface area contributed by atoms with Crippen molar-refractivity contribution in [2.45, 2.75) is 90.9 Å². The van der Waals surface area contributed by atoms with Crippen LogP contribution >= 0.6 is 0 Å². The van der Waals surface area contributed by atoms with Gasteiger partial charge in [0.25, 0.3) is 0 Å². The molecule has 4 aromatic rings. The van der Waals surface area contributed by atoms with Crippen molar-refractivity contribution in [3.63, 3.8) is 0 Å². The molecule has 0 amide bonds. The summed E-state index contributed by atoms with van der Waals surface area (Å²) in [5.74, 6) is -0.340. The van der Waals surface area contributed by atoms with Crippen molar-refractivity contribution >= 4 is 22.8 Å². The molecular formula is C39H48FN5O4. The third-order valence-electron chi connectivity index (χ3n) is 10.6. The van der Waals surface area contributed by atoms with Crippen LogP contribution in [0.5, 0.6) is 5.75 Å². The van der Waals surface area contributed by atoms with E-state index in [-0.39, 0.29) is 0 Å². The molecule has 0 bridgehead atoms. The van der Waals surface area contributed by atoms with Gasteiger partial charge in [0.05, 0.1) is 17.9 Å². The Labute approximate surface area is 288 Å². The summed E-state index contributed by atoms with van der Waals surface area (Å²) in [6, 6.07) is 8.42. The van der Waals surface area contributed by atoms with Gasteiger partial charge in [-0.2, -0.15) is 0 Å². The Balaban J connectivity index is 1.37. The largest absolute Gasteiger partial charge is 0.490 e. The van der Waals surface area contributed by atoms with Crippen LogP contribution in [0.3, 0.4) is 0 Å². The first-order valence-corrected chi connectivity index (χ1v) is 17.7. The van der Waals surface area contributed by atoms with E-state index >= 15 is 4.39 Å². The van der Waals surface area contributed by atoms with Gasteiger partial charge in [0.1, 0.15) is 11.5 Å². The van der Waals surface area contributed by atoms with E-state index in [9.17, 15) is 9.90 Å². The van der Waals surface area contributed by atoms with E-state index in [4.69, 9.17) is 19.4 Å². The van der Waals surface area contributed by atoms with Crippen LogP contribution in [0.25, 0.3) is 33.4 Å². The minimum atomic E-state index is -1.32. The highest BCUT2D eigenvalue weighted by Crippen LogP contribution is 2.45. The molecule has 1 saturated heterocycles. The number of carbonyl (C=O) groups is 1. The maximum absolute atomic E-state index is 15.8. The highest BCUT2D eigenvalue weighted by Gasteiger charge is 2.35. The minimum absolute atomic E-state index is 0.291. The molecule has 2 fully saturated rings. The maximum Gasteiger partial charge on any atom is 0.337 e. The van der Waals surface area contributed by atoms with Crippen LogP contribution in [0.1, 0.15) is 81.4 Å². The number of aliphatic carboxylic acids is 1. The second-order valence-corrected chi connectivity index (χ2v) is 14.9. The summed E-state index contributed by atoms with van der Waals surface area (Å²) in [6.07, 6.45) is 7.32. The number of piperazine rings is 1. The van der Waals surface area contributed by atoms with Gasteiger partial charge in [-0.25, -0.2) is 19.2 Å². The number of aryl methyl sites for hydroxylation is 2. The lowest BCUT2D eigenvalue weighted by molar-refractivity contribution is -0.160. The van der Waals surface area contributed by atoms with Crippen molar-refractivity contribution in [2.24, 2.45) is 7.05 Å². The molecule has 7 rings (SSSR count). The third kappa shape index (κ3) is 6.29. The summed E-state index contributed by atoms with van der Waals surface area (Å²) in [5, 5.41) is 11.3. The Hall–Kier alpha value is -4.02. The Bertz CT molecular complexity index is 1900. The van der Waals surface area contributed by atoms with Crippen molar-refractivity contribution in [3.8, 4) is 28.1 Å². The smallest absolute Gasteiger partial charge is 0.337 e. The van der Waals surface area contributed by atoms with Crippen LogP contribution in [-0.4, -0.2) is 74.9 Å².